The van der Waals surface area contributed by atoms with Crippen LogP contribution in [-0.2, 0) is 16.1 Å². The fourth-order valence-electron chi connectivity index (χ4n) is 0.803. The van der Waals surface area contributed by atoms with Crippen LogP contribution < -0.4 is 0 Å². The van der Waals surface area contributed by atoms with Gasteiger partial charge in [0.05, 0.1) is 0 Å². The molecule has 1 rings (SSSR count). The van der Waals surface area contributed by atoms with Crippen molar-refractivity contribution in [3.05, 3.63) is 36.5 Å². The second kappa shape index (κ2) is 3.85. The summed E-state index contributed by atoms with van der Waals surface area (Å²) >= 11 is 0. The largest absolute Gasteiger partial charge is 0.461 e. The summed E-state index contributed by atoms with van der Waals surface area (Å²) in [4.78, 5) is 14.4. The maximum absolute atomic E-state index is 10.4. The van der Waals surface area contributed by atoms with Gasteiger partial charge in [-0.05, 0) is 24.6 Å². The maximum atomic E-state index is 10.4. The van der Waals surface area contributed by atoms with E-state index in [2.05, 4.69) is 11.9 Å². The lowest BCUT2D eigenvalue weighted by Crippen LogP contribution is -1.99. The Balaban J connectivity index is 2.57. The summed E-state index contributed by atoms with van der Waals surface area (Å²) < 4.78 is 4.79. The zero-order valence-electron chi connectivity index (χ0n) is 6.91. The number of nitrogens with zero attached hydrogens (tertiary/aromatic N) is 1. The van der Waals surface area contributed by atoms with Gasteiger partial charge in [0.2, 0.25) is 0 Å². The quantitative estimate of drug-likeness (QED) is 0.619. The molecule has 0 aliphatic carbocycles. The molecule has 0 saturated heterocycles. The zero-order chi connectivity index (χ0) is 8.97. The van der Waals surface area contributed by atoms with Gasteiger partial charge < -0.3 is 4.74 Å². The van der Waals surface area contributed by atoms with E-state index in [1.54, 1.807) is 18.3 Å². The molecule has 3 nitrogen and oxygen atoms in total. The third-order valence-electron chi connectivity index (χ3n) is 1.32. The Morgan fingerprint density at radius 1 is 1.75 bits per heavy atom. The van der Waals surface area contributed by atoms with Crippen molar-refractivity contribution in [2.24, 2.45) is 0 Å². The predicted octanol–water partition coefficient (Wildman–Crippen LogP) is 1.33. The first-order valence-corrected chi connectivity index (χ1v) is 3.59. The van der Waals surface area contributed by atoms with Crippen molar-refractivity contribution in [3.63, 3.8) is 0 Å². The SMILES string of the molecule is [CH2]c1cc(COC(C)=O)ccn1. The monoisotopic (exact) mass is 164 g/mol. The molecule has 0 bridgehead atoms. The van der Waals surface area contributed by atoms with Gasteiger partial charge >= 0.3 is 5.97 Å². The van der Waals surface area contributed by atoms with E-state index >= 15 is 0 Å². The van der Waals surface area contributed by atoms with Crippen LogP contribution in [0.15, 0.2) is 18.3 Å². The van der Waals surface area contributed by atoms with Crippen LogP contribution in [0.4, 0.5) is 0 Å². The number of hydrogen-bond donors (Lipinski definition) is 0. The Kier molecular flexibility index (Phi) is 2.80. The lowest BCUT2D eigenvalue weighted by atomic mass is 10.2. The van der Waals surface area contributed by atoms with Crippen molar-refractivity contribution in [1.82, 2.24) is 4.98 Å². The second-order valence-electron chi connectivity index (χ2n) is 2.44. The number of carbonyl (C=O) groups excluding carboxylic acids is 1. The molecule has 0 unspecified atom stereocenters. The molecule has 0 N–H and O–H groups in total. The van der Waals surface area contributed by atoms with Crippen molar-refractivity contribution >= 4 is 5.97 Å². The van der Waals surface area contributed by atoms with Gasteiger partial charge in [-0.2, -0.15) is 0 Å². The van der Waals surface area contributed by atoms with E-state index in [4.69, 9.17) is 4.74 Å². The highest BCUT2D eigenvalue weighted by Gasteiger charge is 1.96. The van der Waals surface area contributed by atoms with E-state index in [1.807, 2.05) is 0 Å². The van der Waals surface area contributed by atoms with Crippen molar-refractivity contribution in [1.29, 1.82) is 0 Å². The smallest absolute Gasteiger partial charge is 0.302 e. The molecule has 1 aromatic heterocycles. The van der Waals surface area contributed by atoms with E-state index < -0.39 is 0 Å². The molecular weight excluding hydrogens is 154 g/mol. The molecule has 0 aliphatic rings. The minimum absolute atomic E-state index is 0.280. The second-order valence-corrected chi connectivity index (χ2v) is 2.44. The summed E-state index contributed by atoms with van der Waals surface area (Å²) in [5, 5.41) is 0. The van der Waals surface area contributed by atoms with Gasteiger partial charge in [-0.3, -0.25) is 9.78 Å². The van der Waals surface area contributed by atoms with Crippen LogP contribution in [0.25, 0.3) is 0 Å². The predicted molar refractivity (Wildman–Crippen MR) is 44.2 cm³/mol. The van der Waals surface area contributed by atoms with Crippen LogP contribution in [0, 0.1) is 6.92 Å². The maximum Gasteiger partial charge on any atom is 0.302 e. The van der Waals surface area contributed by atoms with E-state index in [0.717, 1.165) is 5.56 Å². The van der Waals surface area contributed by atoms with Crippen LogP contribution >= 0.6 is 0 Å². The first-order chi connectivity index (χ1) is 5.68. The molecule has 3 heteroatoms. The van der Waals surface area contributed by atoms with Crippen molar-refractivity contribution in [3.8, 4) is 0 Å². The molecule has 0 saturated carbocycles. The normalized spacial score (nSPS) is 9.50. The average Bonchev–Trinajstić information content (AvgIpc) is 2.01. The van der Waals surface area contributed by atoms with Crippen molar-refractivity contribution < 1.29 is 9.53 Å². The van der Waals surface area contributed by atoms with Gasteiger partial charge in [0.15, 0.2) is 0 Å². The molecule has 0 aliphatic heterocycles. The van der Waals surface area contributed by atoms with Crippen LogP contribution in [0.5, 0.6) is 0 Å². The number of esters is 1. The van der Waals surface area contributed by atoms with Gasteiger partial charge in [0, 0.05) is 18.8 Å². The molecule has 12 heavy (non-hydrogen) atoms. The molecule has 0 amide bonds. The molecule has 1 aromatic rings. The Hall–Kier alpha value is -1.38. The highest BCUT2D eigenvalue weighted by Crippen LogP contribution is 2.02. The van der Waals surface area contributed by atoms with Gasteiger partial charge in [0.25, 0.3) is 0 Å². The van der Waals surface area contributed by atoms with E-state index in [0.29, 0.717) is 12.3 Å². The number of ether oxygens (including phenoxy) is 1. The van der Waals surface area contributed by atoms with Crippen LogP contribution in [-0.4, -0.2) is 11.0 Å². The number of hydrogen-bond acceptors (Lipinski definition) is 3. The van der Waals surface area contributed by atoms with E-state index in [-0.39, 0.29) is 5.97 Å². The lowest BCUT2D eigenvalue weighted by Gasteiger charge is -2.01. The molecule has 0 fully saturated rings. The summed E-state index contributed by atoms with van der Waals surface area (Å²) in [6.07, 6.45) is 1.64. The molecule has 0 spiro atoms. The molecule has 1 radical (unpaired) electrons. The summed E-state index contributed by atoms with van der Waals surface area (Å²) in [5.41, 5.74) is 1.59. The lowest BCUT2D eigenvalue weighted by molar-refractivity contribution is -0.142. The number of carbonyl (C=O) groups is 1. The van der Waals surface area contributed by atoms with Gasteiger partial charge in [0.1, 0.15) is 6.61 Å². The molecule has 1 heterocycles. The summed E-state index contributed by atoms with van der Waals surface area (Å²) in [6, 6.07) is 3.57. The first kappa shape index (κ1) is 8.71. The van der Waals surface area contributed by atoms with E-state index in [9.17, 15) is 4.79 Å². The van der Waals surface area contributed by atoms with E-state index in [1.165, 1.54) is 6.92 Å². The molecular formula is C9H10NO2. The summed E-state index contributed by atoms with van der Waals surface area (Å²) in [5.74, 6) is -0.280. The highest BCUT2D eigenvalue weighted by atomic mass is 16.5. The summed E-state index contributed by atoms with van der Waals surface area (Å²) in [6.45, 7) is 5.33. The number of rotatable bonds is 2. The van der Waals surface area contributed by atoms with Crippen LogP contribution in [0.2, 0.25) is 0 Å². The molecule has 0 aromatic carbocycles. The van der Waals surface area contributed by atoms with Gasteiger partial charge in [-0.1, -0.05) is 0 Å². The minimum Gasteiger partial charge on any atom is -0.461 e. The van der Waals surface area contributed by atoms with Crippen molar-refractivity contribution in [2.45, 2.75) is 13.5 Å². The van der Waals surface area contributed by atoms with Crippen LogP contribution in [0.3, 0.4) is 0 Å². The Morgan fingerprint density at radius 3 is 3.08 bits per heavy atom. The van der Waals surface area contributed by atoms with Gasteiger partial charge in [-0.25, -0.2) is 0 Å². The topological polar surface area (TPSA) is 39.2 Å². The Labute approximate surface area is 71.4 Å². The fraction of sp³-hybridized carbons (Fsp3) is 0.222. The third kappa shape index (κ3) is 2.70. The first-order valence-electron chi connectivity index (χ1n) is 3.59. The highest BCUT2D eigenvalue weighted by molar-refractivity contribution is 5.65. The Morgan fingerprint density at radius 2 is 2.50 bits per heavy atom. The summed E-state index contributed by atoms with van der Waals surface area (Å²) in [7, 11) is 0. The minimum atomic E-state index is -0.280. The molecule has 63 valence electrons. The van der Waals surface area contributed by atoms with Crippen molar-refractivity contribution in [2.75, 3.05) is 0 Å². The Bertz CT molecular complexity index is 284. The fourth-order valence-corrected chi connectivity index (χ4v) is 0.803. The number of pyridine rings is 1. The third-order valence-corrected chi connectivity index (χ3v) is 1.32. The standard InChI is InChI=1S/C9H10NO2/c1-7-5-9(3-4-10-7)6-12-8(2)11/h3-5H,1,6H2,2H3. The number of aromatic nitrogens is 1. The zero-order valence-corrected chi connectivity index (χ0v) is 6.91. The van der Waals surface area contributed by atoms with Gasteiger partial charge in [-0.15, -0.1) is 0 Å². The molecule has 0 atom stereocenters. The average molecular weight is 164 g/mol. The van der Waals surface area contributed by atoms with Crippen LogP contribution in [0.1, 0.15) is 18.2 Å².